The maximum atomic E-state index is 13.5. The number of benzene rings is 2. The van der Waals surface area contributed by atoms with E-state index in [1.165, 1.54) is 11.6 Å². The van der Waals surface area contributed by atoms with Crippen LogP contribution in [0.15, 0.2) is 54.6 Å². The van der Waals surface area contributed by atoms with Crippen molar-refractivity contribution in [3.63, 3.8) is 0 Å². The van der Waals surface area contributed by atoms with E-state index in [1.54, 1.807) is 18.2 Å². The van der Waals surface area contributed by atoms with Crippen LogP contribution in [0, 0.1) is 5.82 Å². The van der Waals surface area contributed by atoms with E-state index in [2.05, 4.69) is 39.4 Å². The first-order chi connectivity index (χ1) is 14.8. The molecule has 0 spiro atoms. The Morgan fingerprint density at radius 1 is 0.839 bits per heavy atom. The number of carboxylic acid groups (broad SMARTS) is 2. The van der Waals surface area contributed by atoms with Gasteiger partial charge < -0.3 is 20.4 Å². The topological polar surface area (TPSA) is 110 Å². The van der Waals surface area contributed by atoms with Gasteiger partial charge in [-0.15, -0.1) is 0 Å². The summed E-state index contributed by atoms with van der Waals surface area (Å²) in [6, 6.07) is 16.7. The molecule has 0 aliphatic carbocycles. The molecule has 0 radical (unpaired) electrons. The van der Waals surface area contributed by atoms with Crippen LogP contribution >= 0.6 is 0 Å². The number of nitrogens with zero attached hydrogens (tertiary/aromatic N) is 2. The standard InChI is InChI=1S/C20H24FN3O.C2H2O4/c21-18-8-4-5-9-19(18)22-20(25)10-11-23-12-14-24(15-13-23)16-17-6-2-1-3-7-17;3-1(4)2(5)6/h1-9H,10-16H2,(H,22,25);(H,3,4)(H,5,6). The first kappa shape index (κ1) is 24.0. The fourth-order valence-corrected chi connectivity index (χ4v) is 3.05. The molecule has 2 aromatic rings. The normalized spacial score (nSPS) is 14.2. The average molecular weight is 431 g/mol. The van der Waals surface area contributed by atoms with Crippen LogP contribution in [-0.4, -0.2) is 70.6 Å². The van der Waals surface area contributed by atoms with E-state index in [-0.39, 0.29) is 11.6 Å². The lowest BCUT2D eigenvalue weighted by Crippen LogP contribution is -2.46. The molecule has 1 amide bonds. The summed E-state index contributed by atoms with van der Waals surface area (Å²) in [6.45, 7) is 5.61. The lowest BCUT2D eigenvalue weighted by molar-refractivity contribution is -0.159. The lowest BCUT2D eigenvalue weighted by Gasteiger charge is -2.34. The van der Waals surface area contributed by atoms with Crippen molar-refractivity contribution in [1.82, 2.24) is 9.80 Å². The number of hydrogen-bond acceptors (Lipinski definition) is 5. The van der Waals surface area contributed by atoms with Crippen molar-refractivity contribution < 1.29 is 29.0 Å². The Hall–Kier alpha value is -3.30. The lowest BCUT2D eigenvalue weighted by atomic mass is 10.2. The molecule has 1 heterocycles. The molecule has 0 unspecified atom stereocenters. The van der Waals surface area contributed by atoms with E-state index < -0.39 is 17.8 Å². The smallest absolute Gasteiger partial charge is 0.414 e. The summed E-state index contributed by atoms with van der Waals surface area (Å²) >= 11 is 0. The molecule has 1 aliphatic rings. The van der Waals surface area contributed by atoms with Crippen molar-refractivity contribution in [2.75, 3.05) is 38.0 Å². The number of anilines is 1. The van der Waals surface area contributed by atoms with Gasteiger partial charge in [0.25, 0.3) is 0 Å². The molecule has 0 bridgehead atoms. The van der Waals surface area contributed by atoms with Crippen LogP contribution in [-0.2, 0) is 20.9 Å². The van der Waals surface area contributed by atoms with Gasteiger partial charge in [0.2, 0.25) is 5.91 Å². The van der Waals surface area contributed by atoms with Gasteiger partial charge in [-0.3, -0.25) is 9.69 Å². The second-order valence-electron chi connectivity index (χ2n) is 6.99. The average Bonchev–Trinajstić information content (AvgIpc) is 2.76. The van der Waals surface area contributed by atoms with Crippen molar-refractivity contribution in [3.05, 3.63) is 66.0 Å². The number of hydrogen-bond donors (Lipinski definition) is 3. The molecule has 31 heavy (non-hydrogen) atoms. The Labute approximate surface area is 179 Å². The van der Waals surface area contributed by atoms with Crippen molar-refractivity contribution in [2.45, 2.75) is 13.0 Å². The molecule has 0 atom stereocenters. The Balaban J connectivity index is 0.000000501. The van der Waals surface area contributed by atoms with Crippen LogP contribution in [0.4, 0.5) is 10.1 Å². The van der Waals surface area contributed by atoms with Gasteiger partial charge in [-0.05, 0) is 17.7 Å². The van der Waals surface area contributed by atoms with Gasteiger partial charge in [-0.1, -0.05) is 42.5 Å². The van der Waals surface area contributed by atoms with E-state index in [1.807, 2.05) is 6.07 Å². The quantitative estimate of drug-likeness (QED) is 0.601. The fourth-order valence-electron chi connectivity index (χ4n) is 3.05. The first-order valence-corrected chi connectivity index (χ1v) is 9.84. The summed E-state index contributed by atoms with van der Waals surface area (Å²) in [5.74, 6) is -4.19. The number of para-hydroxylation sites is 1. The van der Waals surface area contributed by atoms with Gasteiger partial charge in [0.15, 0.2) is 0 Å². The van der Waals surface area contributed by atoms with Crippen molar-refractivity contribution in [1.29, 1.82) is 0 Å². The molecule has 3 rings (SSSR count). The second kappa shape index (κ2) is 12.4. The summed E-state index contributed by atoms with van der Waals surface area (Å²) in [5.41, 5.74) is 1.58. The minimum Gasteiger partial charge on any atom is -0.473 e. The maximum absolute atomic E-state index is 13.5. The van der Waals surface area contributed by atoms with E-state index in [0.29, 0.717) is 13.0 Å². The number of carbonyl (C=O) groups excluding carboxylic acids is 1. The number of aliphatic carboxylic acids is 2. The fraction of sp³-hybridized carbons (Fsp3) is 0.318. The summed E-state index contributed by atoms with van der Waals surface area (Å²) in [7, 11) is 0. The number of amides is 1. The van der Waals surface area contributed by atoms with Gasteiger partial charge in [-0.2, -0.15) is 0 Å². The predicted molar refractivity (Wildman–Crippen MR) is 113 cm³/mol. The molecule has 3 N–H and O–H groups in total. The van der Waals surface area contributed by atoms with Crippen molar-refractivity contribution >= 4 is 23.5 Å². The molecule has 1 saturated heterocycles. The highest BCUT2D eigenvalue weighted by atomic mass is 19.1. The number of piperazine rings is 1. The summed E-state index contributed by atoms with van der Waals surface area (Å²) in [6.07, 6.45) is 0.382. The van der Waals surface area contributed by atoms with Crippen LogP contribution in [0.2, 0.25) is 0 Å². The van der Waals surface area contributed by atoms with Crippen LogP contribution in [0.25, 0.3) is 0 Å². The number of halogens is 1. The highest BCUT2D eigenvalue weighted by Crippen LogP contribution is 2.13. The maximum Gasteiger partial charge on any atom is 0.414 e. The van der Waals surface area contributed by atoms with Gasteiger partial charge in [-0.25, -0.2) is 14.0 Å². The molecule has 0 aromatic heterocycles. The summed E-state index contributed by atoms with van der Waals surface area (Å²) in [4.78, 5) is 34.9. The molecular formula is C22H26FN3O5. The number of rotatable bonds is 6. The van der Waals surface area contributed by atoms with Gasteiger partial charge in [0.05, 0.1) is 5.69 Å². The van der Waals surface area contributed by atoms with E-state index in [4.69, 9.17) is 19.8 Å². The molecule has 9 heteroatoms. The predicted octanol–water partition coefficient (Wildman–Crippen LogP) is 2.13. The zero-order valence-electron chi connectivity index (χ0n) is 17.0. The van der Waals surface area contributed by atoms with E-state index in [0.717, 1.165) is 32.7 Å². The third kappa shape index (κ3) is 8.93. The van der Waals surface area contributed by atoms with E-state index >= 15 is 0 Å². The van der Waals surface area contributed by atoms with Crippen molar-refractivity contribution in [3.8, 4) is 0 Å². The molecular weight excluding hydrogens is 405 g/mol. The van der Waals surface area contributed by atoms with Gasteiger partial charge in [0.1, 0.15) is 5.82 Å². The molecule has 2 aromatic carbocycles. The zero-order valence-corrected chi connectivity index (χ0v) is 17.0. The number of carboxylic acids is 2. The Kier molecular flexibility index (Phi) is 9.60. The minimum absolute atomic E-state index is 0.142. The van der Waals surface area contributed by atoms with Crippen LogP contribution in [0.3, 0.4) is 0 Å². The molecule has 8 nitrogen and oxygen atoms in total. The van der Waals surface area contributed by atoms with Gasteiger partial charge >= 0.3 is 11.9 Å². The summed E-state index contributed by atoms with van der Waals surface area (Å²) < 4.78 is 13.5. The van der Waals surface area contributed by atoms with Crippen LogP contribution < -0.4 is 5.32 Å². The van der Waals surface area contributed by atoms with Crippen LogP contribution in [0.1, 0.15) is 12.0 Å². The molecule has 166 valence electrons. The van der Waals surface area contributed by atoms with E-state index in [9.17, 15) is 9.18 Å². The highest BCUT2D eigenvalue weighted by Gasteiger charge is 2.17. The van der Waals surface area contributed by atoms with Crippen LogP contribution in [0.5, 0.6) is 0 Å². The van der Waals surface area contributed by atoms with Gasteiger partial charge in [0, 0.05) is 45.7 Å². The third-order valence-corrected chi connectivity index (χ3v) is 4.70. The Morgan fingerprint density at radius 3 is 1.97 bits per heavy atom. The molecule has 0 saturated carbocycles. The highest BCUT2D eigenvalue weighted by molar-refractivity contribution is 6.27. The van der Waals surface area contributed by atoms with Crippen molar-refractivity contribution in [2.24, 2.45) is 0 Å². The first-order valence-electron chi connectivity index (χ1n) is 9.84. The molecule has 1 fully saturated rings. The minimum atomic E-state index is -1.82. The SMILES string of the molecule is O=C(CCN1CCN(Cc2ccccc2)CC1)Nc1ccccc1F.O=C(O)C(=O)O. The summed E-state index contributed by atoms with van der Waals surface area (Å²) in [5, 5.41) is 17.4. The Bertz CT molecular complexity index is 858. The number of carbonyl (C=O) groups is 3. The second-order valence-corrected chi connectivity index (χ2v) is 6.99. The third-order valence-electron chi connectivity index (χ3n) is 4.70. The molecule has 1 aliphatic heterocycles. The zero-order chi connectivity index (χ0) is 22.6. The monoisotopic (exact) mass is 431 g/mol. The number of nitrogens with one attached hydrogen (secondary N) is 1. The Morgan fingerprint density at radius 2 is 1.39 bits per heavy atom. The largest absolute Gasteiger partial charge is 0.473 e.